The molecule has 1 aromatic heterocycles. The Morgan fingerprint density at radius 3 is 2.68 bits per heavy atom. The number of nitrogens with two attached hydrogens (primary N) is 1. The van der Waals surface area contributed by atoms with Gasteiger partial charge in [0.2, 0.25) is 0 Å². The largest absolute Gasteiger partial charge is 0.464 e. The van der Waals surface area contributed by atoms with Gasteiger partial charge >= 0.3 is 5.97 Å². The van der Waals surface area contributed by atoms with Crippen LogP contribution in [0.2, 0.25) is 10.0 Å². The molecule has 19 heavy (non-hydrogen) atoms. The number of nitrogens with zero attached hydrogens (tertiary/aromatic N) is 2. The Balaban J connectivity index is 2.57. The molecular weight excluding hydrogens is 289 g/mol. The van der Waals surface area contributed by atoms with Crippen LogP contribution in [0.4, 0.5) is 5.82 Å². The fourth-order valence-corrected chi connectivity index (χ4v) is 2.09. The van der Waals surface area contributed by atoms with Crippen LogP contribution in [0.3, 0.4) is 0 Å². The van der Waals surface area contributed by atoms with Crippen molar-refractivity contribution in [2.24, 2.45) is 0 Å². The topological polar surface area (TPSA) is 70.1 Å². The number of hydrogen-bond donors (Lipinski definition) is 1. The molecular formula is C12H11Cl2N3O2. The molecule has 0 atom stereocenters. The molecule has 0 saturated carbocycles. The molecule has 0 fully saturated rings. The van der Waals surface area contributed by atoms with E-state index in [0.29, 0.717) is 15.7 Å². The predicted octanol–water partition coefficient (Wildman–Crippen LogP) is 2.86. The smallest absolute Gasteiger partial charge is 0.360 e. The molecule has 2 N–H and O–H groups in total. The molecule has 2 aromatic rings. The highest BCUT2D eigenvalue weighted by Gasteiger charge is 2.18. The van der Waals surface area contributed by atoms with Crippen LogP contribution < -0.4 is 5.73 Å². The van der Waals surface area contributed by atoms with Gasteiger partial charge in [-0.15, -0.1) is 0 Å². The summed E-state index contributed by atoms with van der Waals surface area (Å²) >= 11 is 12.2. The molecule has 0 aliphatic rings. The lowest BCUT2D eigenvalue weighted by Crippen LogP contribution is -2.07. The summed E-state index contributed by atoms with van der Waals surface area (Å²) in [4.78, 5) is 15.4. The zero-order valence-corrected chi connectivity index (χ0v) is 11.8. The van der Waals surface area contributed by atoms with Crippen LogP contribution >= 0.6 is 23.2 Å². The summed E-state index contributed by atoms with van der Waals surface area (Å²) in [7, 11) is 1.26. The number of aryl methyl sites for hydroxylation is 1. The Bertz CT molecular complexity index is 653. The van der Waals surface area contributed by atoms with E-state index in [4.69, 9.17) is 28.9 Å². The number of hydrogen-bond acceptors (Lipinski definition) is 4. The number of anilines is 1. The summed E-state index contributed by atoms with van der Waals surface area (Å²) in [6, 6.07) is 3.38. The van der Waals surface area contributed by atoms with Gasteiger partial charge in [0.15, 0.2) is 5.69 Å². The van der Waals surface area contributed by atoms with Gasteiger partial charge in [-0.3, -0.25) is 4.57 Å². The van der Waals surface area contributed by atoms with E-state index in [1.54, 1.807) is 12.1 Å². The Hall–Kier alpha value is -1.72. The normalized spacial score (nSPS) is 10.5. The number of aromatic nitrogens is 2. The van der Waals surface area contributed by atoms with Crippen molar-refractivity contribution in [3.63, 3.8) is 0 Å². The first-order valence-electron chi connectivity index (χ1n) is 5.33. The van der Waals surface area contributed by atoms with E-state index in [2.05, 4.69) is 9.72 Å². The summed E-state index contributed by atoms with van der Waals surface area (Å²) in [6.45, 7) is 1.84. The van der Waals surface area contributed by atoms with Crippen LogP contribution in [0.1, 0.15) is 16.1 Å². The van der Waals surface area contributed by atoms with E-state index in [1.165, 1.54) is 18.0 Å². The second-order valence-electron chi connectivity index (χ2n) is 3.89. The van der Waals surface area contributed by atoms with E-state index >= 15 is 0 Å². The van der Waals surface area contributed by atoms with Gasteiger partial charge in [0.25, 0.3) is 0 Å². The lowest BCUT2D eigenvalue weighted by Gasteiger charge is -2.09. The van der Waals surface area contributed by atoms with Crippen LogP contribution in [-0.2, 0) is 4.74 Å². The van der Waals surface area contributed by atoms with Crippen LogP contribution in [0.25, 0.3) is 5.69 Å². The second kappa shape index (κ2) is 5.11. The zero-order valence-electron chi connectivity index (χ0n) is 10.3. The number of esters is 1. The number of methoxy groups -OCH3 is 1. The molecule has 0 radical (unpaired) electrons. The monoisotopic (exact) mass is 299 g/mol. The molecule has 0 aliphatic carbocycles. The quantitative estimate of drug-likeness (QED) is 0.866. The highest BCUT2D eigenvalue weighted by atomic mass is 35.5. The van der Waals surface area contributed by atoms with Crippen molar-refractivity contribution in [2.45, 2.75) is 6.92 Å². The van der Waals surface area contributed by atoms with Gasteiger partial charge in [0.1, 0.15) is 12.1 Å². The number of benzene rings is 1. The lowest BCUT2D eigenvalue weighted by molar-refractivity contribution is 0.0596. The number of nitrogen functional groups attached to an aromatic ring is 1. The highest BCUT2D eigenvalue weighted by Crippen LogP contribution is 2.29. The van der Waals surface area contributed by atoms with Crippen LogP contribution in [-0.4, -0.2) is 22.6 Å². The van der Waals surface area contributed by atoms with E-state index in [1.807, 2.05) is 6.92 Å². The Morgan fingerprint density at radius 2 is 2.05 bits per heavy atom. The van der Waals surface area contributed by atoms with Crippen molar-refractivity contribution in [3.05, 3.63) is 39.8 Å². The maximum Gasteiger partial charge on any atom is 0.360 e. The summed E-state index contributed by atoms with van der Waals surface area (Å²) in [5.74, 6) is -0.459. The predicted molar refractivity (Wildman–Crippen MR) is 74.1 cm³/mol. The SMILES string of the molecule is COC(=O)c1ncn(-c2cc(Cl)c(C)cc2Cl)c1N. The van der Waals surface area contributed by atoms with E-state index < -0.39 is 5.97 Å². The molecule has 1 aromatic carbocycles. The van der Waals surface area contributed by atoms with Gasteiger partial charge in [0.05, 0.1) is 17.8 Å². The highest BCUT2D eigenvalue weighted by molar-refractivity contribution is 6.35. The Kier molecular flexibility index (Phi) is 3.68. The van der Waals surface area contributed by atoms with Crippen molar-refractivity contribution >= 4 is 35.0 Å². The third kappa shape index (κ3) is 2.39. The molecule has 0 aliphatic heterocycles. The van der Waals surface area contributed by atoms with Crippen molar-refractivity contribution in [3.8, 4) is 5.69 Å². The molecule has 7 heteroatoms. The van der Waals surface area contributed by atoms with Gasteiger partial charge in [-0.05, 0) is 24.6 Å². The third-order valence-corrected chi connectivity index (χ3v) is 3.38. The van der Waals surface area contributed by atoms with Crippen LogP contribution in [0.15, 0.2) is 18.5 Å². The molecule has 0 bridgehead atoms. The van der Waals surface area contributed by atoms with Gasteiger partial charge in [-0.2, -0.15) is 0 Å². The van der Waals surface area contributed by atoms with E-state index in [0.717, 1.165) is 5.56 Å². The zero-order chi connectivity index (χ0) is 14.2. The van der Waals surface area contributed by atoms with Gasteiger partial charge in [-0.1, -0.05) is 23.2 Å². The molecule has 0 amide bonds. The summed E-state index contributed by atoms with van der Waals surface area (Å²) in [5.41, 5.74) is 7.31. The maximum atomic E-state index is 11.4. The standard InChI is InChI=1S/C12H11Cl2N3O2/c1-6-3-8(14)9(4-7(6)13)17-5-16-10(11(17)15)12(18)19-2/h3-5H,15H2,1-2H3. The fraction of sp³-hybridized carbons (Fsp3) is 0.167. The second-order valence-corrected chi connectivity index (χ2v) is 4.71. The van der Waals surface area contributed by atoms with Gasteiger partial charge in [-0.25, -0.2) is 9.78 Å². The van der Waals surface area contributed by atoms with E-state index in [9.17, 15) is 4.79 Å². The first kappa shape index (κ1) is 13.7. The van der Waals surface area contributed by atoms with Crippen LogP contribution in [0.5, 0.6) is 0 Å². The molecule has 2 rings (SSSR count). The number of halogens is 2. The van der Waals surface area contributed by atoms with Crippen molar-refractivity contribution in [2.75, 3.05) is 12.8 Å². The van der Waals surface area contributed by atoms with Crippen molar-refractivity contribution in [1.82, 2.24) is 9.55 Å². The number of ether oxygens (including phenoxy) is 1. The third-order valence-electron chi connectivity index (χ3n) is 2.67. The number of carbonyl (C=O) groups is 1. The Labute approximate surface area is 119 Å². The van der Waals surface area contributed by atoms with E-state index in [-0.39, 0.29) is 11.5 Å². The minimum atomic E-state index is -0.606. The minimum Gasteiger partial charge on any atom is -0.464 e. The average molecular weight is 300 g/mol. The first-order chi connectivity index (χ1) is 8.95. The minimum absolute atomic E-state index is 0.0373. The summed E-state index contributed by atoms with van der Waals surface area (Å²) in [5, 5.41) is 1.01. The lowest BCUT2D eigenvalue weighted by atomic mass is 10.2. The summed E-state index contributed by atoms with van der Waals surface area (Å²) < 4.78 is 6.07. The molecule has 5 nitrogen and oxygen atoms in total. The summed E-state index contributed by atoms with van der Waals surface area (Å²) in [6.07, 6.45) is 1.40. The molecule has 100 valence electrons. The fourth-order valence-electron chi connectivity index (χ4n) is 1.62. The first-order valence-corrected chi connectivity index (χ1v) is 6.08. The molecule has 0 unspecified atom stereocenters. The number of rotatable bonds is 2. The van der Waals surface area contributed by atoms with Crippen LogP contribution in [0, 0.1) is 6.92 Å². The van der Waals surface area contributed by atoms with Gasteiger partial charge in [0, 0.05) is 5.02 Å². The van der Waals surface area contributed by atoms with Gasteiger partial charge < -0.3 is 10.5 Å². The molecule has 0 spiro atoms. The Morgan fingerprint density at radius 1 is 1.37 bits per heavy atom. The average Bonchev–Trinajstić information content (AvgIpc) is 2.75. The van der Waals surface area contributed by atoms with Crippen molar-refractivity contribution in [1.29, 1.82) is 0 Å². The molecule has 0 saturated heterocycles. The number of carbonyl (C=O) groups excluding carboxylic acids is 1. The molecule has 1 heterocycles. The maximum absolute atomic E-state index is 11.4. The van der Waals surface area contributed by atoms with Crippen molar-refractivity contribution < 1.29 is 9.53 Å². The number of imidazole rings is 1.